The van der Waals surface area contributed by atoms with E-state index in [2.05, 4.69) is 23.2 Å². The van der Waals surface area contributed by atoms with E-state index in [-0.39, 0.29) is 40.8 Å². The lowest BCUT2D eigenvalue weighted by Crippen LogP contribution is -2.23. The van der Waals surface area contributed by atoms with Gasteiger partial charge in [-0.1, -0.05) is 54.1 Å². The quantitative estimate of drug-likeness (QED) is 0.169. The molecule has 212 valence electrons. The molecule has 1 spiro atoms. The Bertz CT molecular complexity index is 2310. The fraction of sp³-hybridized carbons (Fsp3) is 0.132. The van der Waals surface area contributed by atoms with E-state index in [1.54, 1.807) is 24.4 Å². The summed E-state index contributed by atoms with van der Waals surface area (Å²) >= 11 is 6.48. The van der Waals surface area contributed by atoms with Gasteiger partial charge in [0.05, 0.1) is 11.6 Å². The van der Waals surface area contributed by atoms with Crippen molar-refractivity contribution >= 4 is 22.4 Å². The van der Waals surface area contributed by atoms with Crippen LogP contribution in [0, 0.1) is 0 Å². The summed E-state index contributed by atoms with van der Waals surface area (Å²) < 4.78 is 0. The second kappa shape index (κ2) is 7.93. The number of phenolic OH excluding ortho intramolecular Hbond substituents is 3. The van der Waals surface area contributed by atoms with Gasteiger partial charge in [-0.05, 0) is 87.0 Å². The van der Waals surface area contributed by atoms with Crippen LogP contribution in [-0.2, 0) is 11.8 Å². The molecule has 4 N–H and O–H groups in total. The fourth-order valence-corrected chi connectivity index (χ4v) is 9.15. The largest absolute Gasteiger partial charge is 0.508 e. The highest BCUT2D eigenvalue weighted by atomic mass is 35.5. The second-order valence-electron chi connectivity index (χ2n) is 12.5. The Morgan fingerprint density at radius 3 is 2.32 bits per heavy atom. The molecule has 44 heavy (non-hydrogen) atoms. The van der Waals surface area contributed by atoms with E-state index in [9.17, 15) is 20.4 Å². The van der Waals surface area contributed by atoms with E-state index in [0.29, 0.717) is 5.02 Å². The topological polar surface area (TPSA) is 93.8 Å². The molecule has 10 rings (SSSR count). The van der Waals surface area contributed by atoms with Crippen molar-refractivity contribution in [3.05, 3.63) is 157 Å². The number of halogens is 1. The average Bonchev–Trinajstić information content (AvgIpc) is 3.88. The lowest BCUT2D eigenvalue weighted by molar-refractivity contribution is 0.456. The number of para-hydroxylation sites is 1. The van der Waals surface area contributed by atoms with Gasteiger partial charge in [0.2, 0.25) is 0 Å². The minimum Gasteiger partial charge on any atom is -0.508 e. The van der Waals surface area contributed by atoms with Gasteiger partial charge >= 0.3 is 0 Å². The monoisotopic (exact) mass is 593 g/mol. The number of aromatic nitrogens is 1. The summed E-state index contributed by atoms with van der Waals surface area (Å²) in [5.41, 5.74) is 10.5. The van der Waals surface area contributed by atoms with Gasteiger partial charge in [-0.3, -0.25) is 4.98 Å². The van der Waals surface area contributed by atoms with Crippen molar-refractivity contribution < 1.29 is 20.4 Å². The minimum atomic E-state index is -0.675. The van der Waals surface area contributed by atoms with Crippen LogP contribution in [0.15, 0.2) is 91.3 Å². The van der Waals surface area contributed by atoms with Crippen molar-refractivity contribution in [3.8, 4) is 23.0 Å². The van der Waals surface area contributed by atoms with Gasteiger partial charge in [-0.15, -0.1) is 0 Å². The molecule has 0 radical (unpaired) electrons. The molecule has 4 aliphatic rings. The normalized spacial score (nSPS) is 22.8. The van der Waals surface area contributed by atoms with E-state index < -0.39 is 5.41 Å². The van der Waals surface area contributed by atoms with E-state index in [1.807, 2.05) is 42.5 Å². The van der Waals surface area contributed by atoms with Crippen molar-refractivity contribution in [2.24, 2.45) is 0 Å². The predicted molar refractivity (Wildman–Crippen MR) is 167 cm³/mol. The van der Waals surface area contributed by atoms with Crippen molar-refractivity contribution in [1.29, 1.82) is 0 Å². The summed E-state index contributed by atoms with van der Waals surface area (Å²) in [7, 11) is 0. The van der Waals surface area contributed by atoms with Crippen LogP contribution in [0.25, 0.3) is 10.8 Å². The van der Waals surface area contributed by atoms with Crippen LogP contribution in [0.1, 0.15) is 79.0 Å². The number of nitrogens with zero attached hydrogens (tertiary/aromatic N) is 1. The Labute approximate surface area is 257 Å². The first-order chi connectivity index (χ1) is 21.4. The number of aromatic hydroxyl groups is 4. The van der Waals surface area contributed by atoms with Crippen LogP contribution in [-0.4, -0.2) is 25.4 Å². The van der Waals surface area contributed by atoms with Crippen LogP contribution in [0.2, 0.25) is 5.02 Å². The van der Waals surface area contributed by atoms with Crippen LogP contribution in [0.3, 0.4) is 0 Å². The van der Waals surface area contributed by atoms with E-state index in [4.69, 9.17) is 11.6 Å². The summed E-state index contributed by atoms with van der Waals surface area (Å²) in [6, 6.07) is 24.8. The van der Waals surface area contributed by atoms with Crippen LogP contribution in [0.5, 0.6) is 23.0 Å². The molecule has 2 bridgehead atoms. The van der Waals surface area contributed by atoms with Gasteiger partial charge in [-0.25, -0.2) is 0 Å². The summed E-state index contributed by atoms with van der Waals surface area (Å²) in [4.78, 5) is 4.16. The molecule has 5 aromatic carbocycles. The first-order valence-corrected chi connectivity index (χ1v) is 15.2. The molecule has 0 saturated heterocycles. The number of fused-ring (bicyclic) bond motifs is 13. The predicted octanol–water partition coefficient (Wildman–Crippen LogP) is 7.69. The average molecular weight is 594 g/mol. The zero-order valence-electron chi connectivity index (χ0n) is 23.2. The first kappa shape index (κ1) is 24.4. The highest BCUT2D eigenvalue weighted by molar-refractivity contribution is 6.30. The van der Waals surface area contributed by atoms with Gasteiger partial charge in [0.25, 0.3) is 0 Å². The standard InChI is InChI=1S/C38H24ClNO4/c39-18-9-10-27(42)23(14-18)30-31-29-22(20-7-3-4-8-26(20)41)15-24(29)34-36(32(30)31)38(34)33(21-11-12-40-16-28(21)43)25-13-17-5-1-2-6-19(17)35(38)37(25)44/h1-14,16,22,30,33,41-44H,15H2. The maximum atomic E-state index is 12.0. The SMILES string of the molecule is Oc1ccccc1C1Cc2c1c1c(c3c2C32c3c(O)c(cc4ccccc34)C2c2ccncc2O)C1c1cc(Cl)ccc1O. The van der Waals surface area contributed by atoms with Gasteiger partial charge in [0.15, 0.2) is 0 Å². The Morgan fingerprint density at radius 1 is 0.682 bits per heavy atom. The molecule has 0 saturated carbocycles. The van der Waals surface area contributed by atoms with E-state index in [1.165, 1.54) is 34.0 Å². The smallest absolute Gasteiger partial charge is 0.137 e. The summed E-state index contributed by atoms with van der Waals surface area (Å²) in [5.74, 6) is 0.330. The maximum absolute atomic E-state index is 12.0. The van der Waals surface area contributed by atoms with Gasteiger partial charge in [-0.2, -0.15) is 0 Å². The number of pyridine rings is 1. The van der Waals surface area contributed by atoms with Gasteiger partial charge in [0, 0.05) is 56.8 Å². The lowest BCUT2D eigenvalue weighted by atomic mass is 9.70. The Balaban J connectivity index is 1.29. The molecule has 6 aromatic rings. The number of benzene rings is 5. The highest BCUT2D eigenvalue weighted by Gasteiger charge is 2.71. The zero-order chi connectivity index (χ0) is 29.6. The molecule has 1 aromatic heterocycles. The molecule has 4 aliphatic carbocycles. The number of hydrogen-bond acceptors (Lipinski definition) is 5. The van der Waals surface area contributed by atoms with Gasteiger partial charge in [0.1, 0.15) is 23.0 Å². The molecule has 0 amide bonds. The molecular formula is C38H24ClNO4. The molecule has 5 nitrogen and oxygen atoms in total. The summed E-state index contributed by atoms with van der Waals surface area (Å²) in [6.07, 6.45) is 3.92. The molecule has 0 fully saturated rings. The summed E-state index contributed by atoms with van der Waals surface area (Å²) in [6.45, 7) is 0. The van der Waals surface area contributed by atoms with Crippen molar-refractivity contribution in [3.63, 3.8) is 0 Å². The summed E-state index contributed by atoms with van der Waals surface area (Å²) in [5, 5.41) is 47.7. The molecule has 4 atom stereocenters. The third-order valence-electron chi connectivity index (χ3n) is 10.6. The van der Waals surface area contributed by atoms with Crippen LogP contribution in [0.4, 0.5) is 0 Å². The minimum absolute atomic E-state index is 0.0110. The van der Waals surface area contributed by atoms with Crippen molar-refractivity contribution in [2.45, 2.75) is 29.6 Å². The molecule has 0 aliphatic heterocycles. The number of rotatable bonds is 3. The third kappa shape index (κ3) is 2.71. The van der Waals surface area contributed by atoms with Gasteiger partial charge < -0.3 is 20.4 Å². The molecule has 1 heterocycles. The van der Waals surface area contributed by atoms with E-state index >= 15 is 0 Å². The third-order valence-corrected chi connectivity index (χ3v) is 10.9. The zero-order valence-corrected chi connectivity index (χ0v) is 24.0. The molecular weight excluding hydrogens is 570 g/mol. The number of phenols is 3. The van der Waals surface area contributed by atoms with E-state index in [0.717, 1.165) is 50.6 Å². The Hall–Kier alpha value is -5.00. The van der Waals surface area contributed by atoms with Crippen LogP contribution >= 0.6 is 11.6 Å². The van der Waals surface area contributed by atoms with Crippen molar-refractivity contribution in [2.75, 3.05) is 0 Å². The molecule has 6 heteroatoms. The lowest BCUT2D eigenvalue weighted by Gasteiger charge is -2.33. The Kier molecular flexibility index (Phi) is 4.40. The fourth-order valence-electron chi connectivity index (χ4n) is 8.97. The highest BCUT2D eigenvalue weighted by Crippen LogP contribution is 2.80. The number of hydrogen-bond donors (Lipinski definition) is 4. The second-order valence-corrected chi connectivity index (χ2v) is 12.9. The van der Waals surface area contributed by atoms with Crippen LogP contribution < -0.4 is 0 Å². The first-order valence-electron chi connectivity index (χ1n) is 14.8. The molecule has 4 unspecified atom stereocenters. The maximum Gasteiger partial charge on any atom is 0.137 e. The van der Waals surface area contributed by atoms with Crippen molar-refractivity contribution in [1.82, 2.24) is 4.98 Å². The Morgan fingerprint density at radius 2 is 1.48 bits per heavy atom.